The summed E-state index contributed by atoms with van der Waals surface area (Å²) in [5, 5.41) is 10.3. The highest BCUT2D eigenvalue weighted by molar-refractivity contribution is 5.52. The lowest BCUT2D eigenvalue weighted by Gasteiger charge is -1.91. The lowest BCUT2D eigenvalue weighted by Crippen LogP contribution is -1.83. The molecule has 0 aromatic carbocycles. The highest BCUT2D eigenvalue weighted by Crippen LogP contribution is 2.23. The van der Waals surface area contributed by atoms with Crippen LogP contribution in [0.5, 0.6) is 0 Å². The first-order valence-corrected chi connectivity index (χ1v) is 3.93. The van der Waals surface area contributed by atoms with Crippen LogP contribution in [0.1, 0.15) is 0 Å². The third kappa shape index (κ3) is 1.47. The van der Waals surface area contributed by atoms with Crippen LogP contribution in [0.15, 0.2) is 40.9 Å². The fourth-order valence-corrected chi connectivity index (χ4v) is 1.07. The summed E-state index contributed by atoms with van der Waals surface area (Å²) in [7, 11) is 0. The molecule has 0 saturated carbocycles. The summed E-state index contributed by atoms with van der Waals surface area (Å²) < 4.78 is 4.97. The Bertz CT molecular complexity index is 450. The molecule has 0 aliphatic rings. The molecule has 0 spiro atoms. The van der Waals surface area contributed by atoms with Crippen LogP contribution in [0, 0.1) is 10.1 Å². The molecular formula is C9H6N2O3. The van der Waals surface area contributed by atoms with Gasteiger partial charge in [-0.05, 0) is 18.2 Å². The number of aromatic nitrogens is 1. The standard InChI is InChI=1S/C9H6N2O3/c12-11(13)9-5-4-8(14-9)7-3-1-2-6-10-7/h1-6H. The third-order valence-corrected chi connectivity index (χ3v) is 1.69. The summed E-state index contributed by atoms with van der Waals surface area (Å²) in [6.07, 6.45) is 1.60. The fourth-order valence-electron chi connectivity index (χ4n) is 1.07. The first kappa shape index (κ1) is 8.43. The van der Waals surface area contributed by atoms with Crippen molar-refractivity contribution in [1.29, 1.82) is 0 Å². The molecule has 2 rings (SSSR count). The van der Waals surface area contributed by atoms with Crippen LogP contribution in [-0.2, 0) is 0 Å². The minimum Gasteiger partial charge on any atom is -0.399 e. The monoisotopic (exact) mass is 190 g/mol. The zero-order valence-corrected chi connectivity index (χ0v) is 7.08. The average molecular weight is 190 g/mol. The number of nitro groups is 1. The van der Waals surface area contributed by atoms with Crippen LogP contribution < -0.4 is 0 Å². The first-order valence-electron chi connectivity index (χ1n) is 3.93. The zero-order valence-electron chi connectivity index (χ0n) is 7.08. The second-order valence-electron chi connectivity index (χ2n) is 2.61. The van der Waals surface area contributed by atoms with E-state index in [1.165, 1.54) is 12.1 Å². The fraction of sp³-hybridized carbons (Fsp3) is 0. The molecule has 2 aromatic heterocycles. The number of rotatable bonds is 2. The zero-order chi connectivity index (χ0) is 9.97. The predicted molar refractivity (Wildman–Crippen MR) is 48.6 cm³/mol. The Hall–Kier alpha value is -2.17. The van der Waals surface area contributed by atoms with Gasteiger partial charge in [-0.2, -0.15) is 0 Å². The van der Waals surface area contributed by atoms with Crippen molar-refractivity contribution in [2.45, 2.75) is 0 Å². The van der Waals surface area contributed by atoms with Crippen LogP contribution in [0.25, 0.3) is 11.5 Å². The van der Waals surface area contributed by atoms with E-state index in [0.29, 0.717) is 11.5 Å². The summed E-state index contributed by atoms with van der Waals surface area (Å²) >= 11 is 0. The van der Waals surface area contributed by atoms with E-state index in [2.05, 4.69) is 4.98 Å². The predicted octanol–water partition coefficient (Wildman–Crippen LogP) is 2.25. The van der Waals surface area contributed by atoms with E-state index in [1.54, 1.807) is 24.4 Å². The Morgan fingerprint density at radius 1 is 1.29 bits per heavy atom. The summed E-state index contributed by atoms with van der Waals surface area (Å²) in [5.74, 6) is 0.128. The van der Waals surface area contributed by atoms with Gasteiger partial charge in [-0.15, -0.1) is 0 Å². The molecule has 14 heavy (non-hydrogen) atoms. The van der Waals surface area contributed by atoms with Crippen LogP contribution in [0.4, 0.5) is 5.88 Å². The van der Waals surface area contributed by atoms with Crippen molar-refractivity contribution in [3.8, 4) is 11.5 Å². The van der Waals surface area contributed by atoms with Gasteiger partial charge in [0.25, 0.3) is 0 Å². The van der Waals surface area contributed by atoms with Gasteiger partial charge < -0.3 is 4.42 Å². The van der Waals surface area contributed by atoms with E-state index >= 15 is 0 Å². The molecule has 2 aromatic rings. The Morgan fingerprint density at radius 3 is 2.71 bits per heavy atom. The Labute approximate surface area is 79.2 Å². The highest BCUT2D eigenvalue weighted by atomic mass is 16.6. The van der Waals surface area contributed by atoms with Crippen molar-refractivity contribution in [2.75, 3.05) is 0 Å². The van der Waals surface area contributed by atoms with E-state index in [-0.39, 0.29) is 5.88 Å². The minimum absolute atomic E-state index is 0.273. The maximum absolute atomic E-state index is 10.3. The molecule has 0 atom stereocenters. The SMILES string of the molecule is O=[N+]([O-])c1ccc(-c2ccccn2)o1. The second kappa shape index (κ2) is 3.29. The molecule has 0 aliphatic carbocycles. The lowest BCUT2D eigenvalue weighted by molar-refractivity contribution is -0.401. The van der Waals surface area contributed by atoms with Gasteiger partial charge in [-0.1, -0.05) is 6.07 Å². The Balaban J connectivity index is 2.39. The normalized spacial score (nSPS) is 10.0. The average Bonchev–Trinajstić information content (AvgIpc) is 2.68. The van der Waals surface area contributed by atoms with Gasteiger partial charge in [-0.25, -0.2) is 0 Å². The van der Waals surface area contributed by atoms with Gasteiger partial charge in [-0.3, -0.25) is 15.1 Å². The molecule has 0 radical (unpaired) electrons. The Kier molecular flexibility index (Phi) is 1.98. The highest BCUT2D eigenvalue weighted by Gasteiger charge is 2.12. The quantitative estimate of drug-likeness (QED) is 0.537. The summed E-state index contributed by atoms with van der Waals surface area (Å²) in [6.45, 7) is 0. The van der Waals surface area contributed by atoms with Crippen molar-refractivity contribution >= 4 is 5.88 Å². The molecule has 5 nitrogen and oxygen atoms in total. The van der Waals surface area contributed by atoms with Gasteiger partial charge in [0.2, 0.25) is 0 Å². The number of nitrogens with zero attached hydrogens (tertiary/aromatic N) is 2. The summed E-state index contributed by atoms with van der Waals surface area (Å²) in [4.78, 5) is 13.8. The van der Waals surface area contributed by atoms with Crippen molar-refractivity contribution in [3.63, 3.8) is 0 Å². The molecular weight excluding hydrogens is 184 g/mol. The first-order chi connectivity index (χ1) is 6.77. The molecule has 0 amide bonds. The van der Waals surface area contributed by atoms with Gasteiger partial charge in [0, 0.05) is 6.20 Å². The van der Waals surface area contributed by atoms with Crippen LogP contribution in [0.3, 0.4) is 0 Å². The molecule has 5 heteroatoms. The largest absolute Gasteiger partial charge is 0.433 e. The third-order valence-electron chi connectivity index (χ3n) is 1.69. The van der Waals surface area contributed by atoms with E-state index in [1.807, 2.05) is 0 Å². The van der Waals surface area contributed by atoms with Gasteiger partial charge in [0.1, 0.15) is 10.6 Å². The molecule has 70 valence electrons. The lowest BCUT2D eigenvalue weighted by atomic mass is 10.3. The number of hydrogen-bond acceptors (Lipinski definition) is 4. The van der Waals surface area contributed by atoms with Gasteiger partial charge in [0.05, 0.1) is 6.07 Å². The van der Waals surface area contributed by atoms with E-state index in [0.717, 1.165) is 0 Å². The van der Waals surface area contributed by atoms with E-state index in [4.69, 9.17) is 4.42 Å². The molecule has 0 N–H and O–H groups in total. The maximum atomic E-state index is 10.3. The van der Waals surface area contributed by atoms with E-state index < -0.39 is 4.92 Å². The molecule has 0 aliphatic heterocycles. The number of hydrogen-bond donors (Lipinski definition) is 0. The van der Waals surface area contributed by atoms with E-state index in [9.17, 15) is 10.1 Å². The molecule has 0 unspecified atom stereocenters. The topological polar surface area (TPSA) is 69.2 Å². The van der Waals surface area contributed by atoms with Crippen molar-refractivity contribution < 1.29 is 9.34 Å². The summed E-state index contributed by atoms with van der Waals surface area (Å²) in [5.41, 5.74) is 0.584. The second-order valence-corrected chi connectivity index (χ2v) is 2.61. The molecule has 0 bridgehead atoms. The molecule has 2 heterocycles. The van der Waals surface area contributed by atoms with Gasteiger partial charge in [0.15, 0.2) is 5.76 Å². The smallest absolute Gasteiger partial charge is 0.399 e. The van der Waals surface area contributed by atoms with Crippen molar-refractivity contribution in [3.05, 3.63) is 46.6 Å². The number of furan rings is 1. The van der Waals surface area contributed by atoms with Crippen LogP contribution in [0.2, 0.25) is 0 Å². The molecule has 0 saturated heterocycles. The molecule has 0 fully saturated rings. The van der Waals surface area contributed by atoms with Crippen LogP contribution in [-0.4, -0.2) is 9.91 Å². The van der Waals surface area contributed by atoms with Crippen molar-refractivity contribution in [1.82, 2.24) is 4.98 Å². The minimum atomic E-state index is -0.577. The number of pyridine rings is 1. The maximum Gasteiger partial charge on any atom is 0.433 e. The van der Waals surface area contributed by atoms with Crippen molar-refractivity contribution in [2.24, 2.45) is 0 Å². The van der Waals surface area contributed by atoms with Crippen LogP contribution >= 0.6 is 0 Å². The summed E-state index contributed by atoms with van der Waals surface area (Å²) in [6, 6.07) is 8.12. The van der Waals surface area contributed by atoms with Gasteiger partial charge >= 0.3 is 5.88 Å². The Morgan fingerprint density at radius 2 is 2.14 bits per heavy atom.